The van der Waals surface area contributed by atoms with Gasteiger partial charge in [0, 0.05) is 12.4 Å². The van der Waals surface area contributed by atoms with E-state index in [-0.39, 0.29) is 6.42 Å². The predicted molar refractivity (Wildman–Crippen MR) is 49.7 cm³/mol. The van der Waals surface area contributed by atoms with E-state index in [0.717, 1.165) is 5.56 Å². The SMILES string of the molecule is O=C(O)CONC(=O)Cc1cccnc1. The van der Waals surface area contributed by atoms with Gasteiger partial charge >= 0.3 is 5.97 Å². The molecule has 0 saturated carbocycles. The third-order valence-electron chi connectivity index (χ3n) is 1.47. The quantitative estimate of drug-likeness (QED) is 0.654. The summed E-state index contributed by atoms with van der Waals surface area (Å²) in [7, 11) is 0. The molecule has 1 aromatic heterocycles. The monoisotopic (exact) mass is 210 g/mol. The molecule has 1 amide bonds. The molecule has 6 nitrogen and oxygen atoms in total. The van der Waals surface area contributed by atoms with Gasteiger partial charge in [0.25, 0.3) is 0 Å². The Kier molecular flexibility index (Phi) is 4.24. The van der Waals surface area contributed by atoms with Crippen LogP contribution in [0.25, 0.3) is 0 Å². The van der Waals surface area contributed by atoms with Crippen molar-refractivity contribution in [3.8, 4) is 0 Å². The third kappa shape index (κ3) is 4.72. The van der Waals surface area contributed by atoms with Gasteiger partial charge < -0.3 is 5.11 Å². The fraction of sp³-hybridized carbons (Fsp3) is 0.222. The number of amides is 1. The summed E-state index contributed by atoms with van der Waals surface area (Å²) >= 11 is 0. The summed E-state index contributed by atoms with van der Waals surface area (Å²) in [5.41, 5.74) is 2.75. The molecule has 0 bridgehead atoms. The molecule has 0 unspecified atom stereocenters. The van der Waals surface area contributed by atoms with Crippen LogP contribution in [0, 0.1) is 0 Å². The van der Waals surface area contributed by atoms with Gasteiger partial charge in [0.1, 0.15) is 0 Å². The normalized spacial score (nSPS) is 9.60. The van der Waals surface area contributed by atoms with E-state index in [9.17, 15) is 9.59 Å². The van der Waals surface area contributed by atoms with Crippen LogP contribution in [-0.4, -0.2) is 28.6 Å². The Balaban J connectivity index is 2.28. The Bertz CT molecular complexity index is 339. The highest BCUT2D eigenvalue weighted by Gasteiger charge is 2.04. The summed E-state index contributed by atoms with van der Waals surface area (Å²) in [6.45, 7) is -0.557. The summed E-state index contributed by atoms with van der Waals surface area (Å²) in [5, 5.41) is 8.23. The number of nitrogens with zero attached hydrogens (tertiary/aromatic N) is 1. The first kappa shape index (κ1) is 11.1. The van der Waals surface area contributed by atoms with E-state index >= 15 is 0 Å². The van der Waals surface area contributed by atoms with Crippen molar-refractivity contribution in [1.82, 2.24) is 10.5 Å². The summed E-state index contributed by atoms with van der Waals surface area (Å²) in [5.74, 6) is -1.55. The van der Waals surface area contributed by atoms with Crippen LogP contribution in [-0.2, 0) is 20.8 Å². The largest absolute Gasteiger partial charge is 0.479 e. The number of pyridine rings is 1. The number of rotatable bonds is 5. The maximum atomic E-state index is 11.1. The van der Waals surface area contributed by atoms with Gasteiger partial charge in [-0.15, -0.1) is 0 Å². The van der Waals surface area contributed by atoms with Gasteiger partial charge in [-0.25, -0.2) is 10.3 Å². The zero-order valence-corrected chi connectivity index (χ0v) is 7.84. The molecule has 0 spiro atoms. The van der Waals surface area contributed by atoms with Gasteiger partial charge in [-0.3, -0.25) is 14.6 Å². The average molecular weight is 210 g/mol. The standard InChI is InChI=1S/C9H10N2O4/c12-8(11-15-6-9(13)14)4-7-2-1-3-10-5-7/h1-3,5H,4,6H2,(H,11,12)(H,13,14). The number of hydroxylamine groups is 1. The molecule has 0 aliphatic carbocycles. The molecule has 0 atom stereocenters. The van der Waals surface area contributed by atoms with Crippen molar-refractivity contribution in [2.45, 2.75) is 6.42 Å². The summed E-state index contributed by atoms with van der Waals surface area (Å²) in [6, 6.07) is 3.45. The lowest BCUT2D eigenvalue weighted by Gasteiger charge is -2.03. The number of carbonyl (C=O) groups excluding carboxylic acids is 1. The van der Waals surface area contributed by atoms with Crippen LogP contribution in [0.2, 0.25) is 0 Å². The summed E-state index contributed by atoms with van der Waals surface area (Å²) < 4.78 is 0. The van der Waals surface area contributed by atoms with Crippen molar-refractivity contribution < 1.29 is 19.5 Å². The van der Waals surface area contributed by atoms with Gasteiger partial charge in [-0.05, 0) is 11.6 Å². The van der Waals surface area contributed by atoms with Crippen molar-refractivity contribution in [3.05, 3.63) is 30.1 Å². The first-order valence-corrected chi connectivity index (χ1v) is 4.20. The molecule has 0 saturated heterocycles. The Labute approximate surface area is 85.8 Å². The number of carbonyl (C=O) groups is 2. The smallest absolute Gasteiger partial charge is 0.332 e. The van der Waals surface area contributed by atoms with Crippen LogP contribution in [0.15, 0.2) is 24.5 Å². The lowest BCUT2D eigenvalue weighted by atomic mass is 10.2. The van der Waals surface area contributed by atoms with Crippen molar-refractivity contribution in [2.24, 2.45) is 0 Å². The van der Waals surface area contributed by atoms with E-state index in [0.29, 0.717) is 0 Å². The fourth-order valence-corrected chi connectivity index (χ4v) is 0.902. The lowest BCUT2D eigenvalue weighted by Crippen LogP contribution is -2.27. The topological polar surface area (TPSA) is 88.5 Å². The minimum atomic E-state index is -1.14. The van der Waals surface area contributed by atoms with Crippen LogP contribution in [0.5, 0.6) is 0 Å². The average Bonchev–Trinajstić information content (AvgIpc) is 2.18. The Hall–Kier alpha value is -1.95. The van der Waals surface area contributed by atoms with E-state index in [1.165, 1.54) is 0 Å². The van der Waals surface area contributed by atoms with E-state index in [2.05, 4.69) is 9.82 Å². The highest BCUT2D eigenvalue weighted by atomic mass is 16.7. The molecule has 0 fully saturated rings. The molecule has 15 heavy (non-hydrogen) atoms. The zero-order valence-electron chi connectivity index (χ0n) is 7.84. The molecule has 1 heterocycles. The predicted octanol–water partition coefficient (Wildman–Crippen LogP) is -0.244. The van der Waals surface area contributed by atoms with Crippen LogP contribution in [0.3, 0.4) is 0 Å². The molecule has 0 aliphatic rings. The molecule has 2 N–H and O–H groups in total. The second kappa shape index (κ2) is 5.71. The second-order valence-corrected chi connectivity index (χ2v) is 2.75. The minimum Gasteiger partial charge on any atom is -0.479 e. The molecule has 6 heteroatoms. The molecule has 0 aliphatic heterocycles. The maximum Gasteiger partial charge on any atom is 0.332 e. The van der Waals surface area contributed by atoms with Gasteiger partial charge in [0.15, 0.2) is 6.61 Å². The first-order chi connectivity index (χ1) is 7.18. The van der Waals surface area contributed by atoms with E-state index in [1.807, 2.05) is 5.48 Å². The Morgan fingerprint density at radius 3 is 2.93 bits per heavy atom. The molecule has 0 radical (unpaired) electrons. The lowest BCUT2D eigenvalue weighted by molar-refractivity contribution is -0.149. The van der Waals surface area contributed by atoms with E-state index < -0.39 is 18.5 Å². The van der Waals surface area contributed by atoms with Crippen LogP contribution in [0.1, 0.15) is 5.56 Å². The number of aliphatic carboxylic acids is 1. The van der Waals surface area contributed by atoms with Crippen LogP contribution in [0.4, 0.5) is 0 Å². The summed E-state index contributed by atoms with van der Waals surface area (Å²) in [6.07, 6.45) is 3.26. The minimum absolute atomic E-state index is 0.105. The Morgan fingerprint density at radius 1 is 1.53 bits per heavy atom. The zero-order chi connectivity index (χ0) is 11.1. The van der Waals surface area contributed by atoms with Gasteiger partial charge in [-0.2, -0.15) is 0 Å². The number of hydrogen-bond donors (Lipinski definition) is 2. The van der Waals surface area contributed by atoms with Crippen molar-refractivity contribution in [3.63, 3.8) is 0 Å². The Morgan fingerprint density at radius 2 is 2.33 bits per heavy atom. The maximum absolute atomic E-state index is 11.1. The van der Waals surface area contributed by atoms with Crippen LogP contribution >= 0.6 is 0 Å². The van der Waals surface area contributed by atoms with Crippen molar-refractivity contribution in [2.75, 3.05) is 6.61 Å². The van der Waals surface area contributed by atoms with Crippen molar-refractivity contribution >= 4 is 11.9 Å². The molecule has 80 valence electrons. The molecule has 0 aromatic carbocycles. The van der Waals surface area contributed by atoms with Gasteiger partial charge in [0.05, 0.1) is 6.42 Å². The van der Waals surface area contributed by atoms with Crippen LogP contribution < -0.4 is 5.48 Å². The highest BCUT2D eigenvalue weighted by molar-refractivity contribution is 5.77. The third-order valence-corrected chi connectivity index (χ3v) is 1.47. The second-order valence-electron chi connectivity index (χ2n) is 2.75. The van der Waals surface area contributed by atoms with E-state index in [4.69, 9.17) is 5.11 Å². The van der Waals surface area contributed by atoms with E-state index in [1.54, 1.807) is 24.5 Å². The number of hydrogen-bond acceptors (Lipinski definition) is 4. The van der Waals surface area contributed by atoms with Gasteiger partial charge in [-0.1, -0.05) is 6.07 Å². The molecule has 1 rings (SSSR count). The summed E-state index contributed by atoms with van der Waals surface area (Å²) in [4.78, 5) is 29.4. The number of aromatic nitrogens is 1. The number of carboxylic acid groups (broad SMARTS) is 1. The highest BCUT2D eigenvalue weighted by Crippen LogP contribution is 1.96. The van der Waals surface area contributed by atoms with Gasteiger partial charge in [0.2, 0.25) is 5.91 Å². The number of nitrogens with one attached hydrogen (secondary N) is 1. The molecule has 1 aromatic rings. The molecular weight excluding hydrogens is 200 g/mol. The molecular formula is C9H10N2O4. The first-order valence-electron chi connectivity index (χ1n) is 4.20. The number of carboxylic acids is 1. The fourth-order valence-electron chi connectivity index (χ4n) is 0.902. The van der Waals surface area contributed by atoms with Crippen molar-refractivity contribution in [1.29, 1.82) is 0 Å².